The van der Waals surface area contributed by atoms with E-state index in [1.54, 1.807) is 0 Å². The zero-order chi connectivity index (χ0) is 14.2. The molecule has 3 unspecified atom stereocenters. The van der Waals surface area contributed by atoms with Crippen LogP contribution in [0.25, 0.3) is 0 Å². The summed E-state index contributed by atoms with van der Waals surface area (Å²) >= 11 is 0. The van der Waals surface area contributed by atoms with Crippen LogP contribution in [0.15, 0.2) is 4.42 Å². The van der Waals surface area contributed by atoms with Crippen LogP contribution < -0.4 is 11.3 Å². The first-order valence-electron chi connectivity index (χ1n) is 7.46. The van der Waals surface area contributed by atoms with E-state index >= 15 is 0 Å². The van der Waals surface area contributed by atoms with Crippen molar-refractivity contribution in [1.29, 1.82) is 0 Å². The molecular formula is C16H28N2O. The van der Waals surface area contributed by atoms with Gasteiger partial charge in [-0.05, 0) is 63.4 Å². The van der Waals surface area contributed by atoms with E-state index in [-0.39, 0.29) is 6.04 Å². The van der Waals surface area contributed by atoms with Crippen molar-refractivity contribution in [3.8, 4) is 0 Å². The molecule has 3 nitrogen and oxygen atoms in total. The molecule has 1 aliphatic rings. The summed E-state index contributed by atoms with van der Waals surface area (Å²) in [6.07, 6.45) is 3.85. The molecule has 0 aliphatic heterocycles. The van der Waals surface area contributed by atoms with Gasteiger partial charge in [-0.15, -0.1) is 0 Å². The maximum atomic E-state index is 5.88. The maximum absolute atomic E-state index is 5.88. The van der Waals surface area contributed by atoms with Crippen molar-refractivity contribution in [1.82, 2.24) is 5.43 Å². The summed E-state index contributed by atoms with van der Waals surface area (Å²) in [6, 6.07) is 0.225. The van der Waals surface area contributed by atoms with Crippen LogP contribution >= 0.6 is 0 Å². The van der Waals surface area contributed by atoms with Gasteiger partial charge in [-0.3, -0.25) is 11.3 Å². The molecule has 0 aromatic carbocycles. The largest absolute Gasteiger partial charge is 0.466 e. The van der Waals surface area contributed by atoms with Crippen molar-refractivity contribution < 1.29 is 4.42 Å². The van der Waals surface area contributed by atoms with E-state index in [9.17, 15) is 0 Å². The predicted molar refractivity (Wildman–Crippen MR) is 78.7 cm³/mol. The van der Waals surface area contributed by atoms with E-state index in [4.69, 9.17) is 10.3 Å². The lowest BCUT2D eigenvalue weighted by Gasteiger charge is -2.36. The molecular weight excluding hydrogens is 236 g/mol. The lowest BCUT2D eigenvalue weighted by Crippen LogP contribution is -2.37. The molecule has 1 saturated carbocycles. The fourth-order valence-corrected chi connectivity index (χ4v) is 4.00. The second-order valence-electron chi connectivity index (χ2n) is 6.57. The number of hydrogen-bond donors (Lipinski definition) is 2. The summed E-state index contributed by atoms with van der Waals surface area (Å²) in [5.74, 6) is 10.1. The number of aryl methyl sites for hydroxylation is 2. The summed E-state index contributed by atoms with van der Waals surface area (Å²) < 4.78 is 5.78. The zero-order valence-electron chi connectivity index (χ0n) is 12.9. The number of nitrogens with one attached hydrogen (secondary N) is 1. The molecule has 0 amide bonds. The molecule has 1 aliphatic carbocycles. The van der Waals surface area contributed by atoms with Crippen LogP contribution in [0.1, 0.15) is 61.8 Å². The van der Waals surface area contributed by atoms with E-state index in [1.165, 1.54) is 30.4 Å². The van der Waals surface area contributed by atoms with Crippen molar-refractivity contribution in [3.05, 3.63) is 22.6 Å². The third-order valence-corrected chi connectivity index (χ3v) is 4.79. The van der Waals surface area contributed by atoms with Gasteiger partial charge in [-0.2, -0.15) is 0 Å². The lowest BCUT2D eigenvalue weighted by molar-refractivity contribution is 0.176. The molecule has 1 aromatic heterocycles. The summed E-state index contributed by atoms with van der Waals surface area (Å²) in [4.78, 5) is 0. The first-order chi connectivity index (χ1) is 8.93. The van der Waals surface area contributed by atoms with Gasteiger partial charge in [0.25, 0.3) is 0 Å². The van der Waals surface area contributed by atoms with Crippen molar-refractivity contribution in [2.24, 2.45) is 23.6 Å². The molecule has 0 spiro atoms. The van der Waals surface area contributed by atoms with E-state index < -0.39 is 0 Å². The molecule has 3 N–H and O–H groups in total. The molecule has 3 heteroatoms. The van der Waals surface area contributed by atoms with Crippen molar-refractivity contribution in [2.45, 2.75) is 59.9 Å². The first-order valence-corrected chi connectivity index (χ1v) is 7.46. The summed E-state index contributed by atoms with van der Waals surface area (Å²) in [5.41, 5.74) is 5.60. The summed E-state index contributed by atoms with van der Waals surface area (Å²) in [7, 11) is 0. The Balaban J connectivity index is 2.29. The third-order valence-electron chi connectivity index (χ3n) is 4.79. The quantitative estimate of drug-likeness (QED) is 0.645. The SMILES string of the molecule is Cc1oc(C)c(C(NN)C2CC(C)CC(C)C2)c1C. The van der Waals surface area contributed by atoms with Gasteiger partial charge in [0.15, 0.2) is 0 Å². The lowest BCUT2D eigenvalue weighted by atomic mass is 9.72. The number of hydrazine groups is 1. The molecule has 0 saturated heterocycles. The Morgan fingerprint density at radius 2 is 1.63 bits per heavy atom. The summed E-state index contributed by atoms with van der Waals surface area (Å²) in [5, 5.41) is 0. The van der Waals surface area contributed by atoms with Crippen LogP contribution in [0.4, 0.5) is 0 Å². The Kier molecular flexibility index (Phi) is 4.36. The molecule has 1 aromatic rings. The minimum Gasteiger partial charge on any atom is -0.466 e. The van der Waals surface area contributed by atoms with Crippen molar-refractivity contribution >= 4 is 0 Å². The fourth-order valence-electron chi connectivity index (χ4n) is 4.00. The second kappa shape index (κ2) is 5.68. The smallest absolute Gasteiger partial charge is 0.106 e. The van der Waals surface area contributed by atoms with Crippen LogP contribution in [0.5, 0.6) is 0 Å². The summed E-state index contributed by atoms with van der Waals surface area (Å²) in [6.45, 7) is 10.9. The Morgan fingerprint density at radius 3 is 2.05 bits per heavy atom. The van der Waals surface area contributed by atoms with Crippen LogP contribution in [0, 0.1) is 38.5 Å². The van der Waals surface area contributed by atoms with Crippen LogP contribution in [-0.2, 0) is 0 Å². The normalized spacial score (nSPS) is 29.5. The number of rotatable bonds is 3. The predicted octanol–water partition coefficient (Wildman–Crippen LogP) is 3.78. The Bertz CT molecular complexity index is 428. The fraction of sp³-hybridized carbons (Fsp3) is 0.750. The highest BCUT2D eigenvalue weighted by Gasteiger charge is 2.33. The standard InChI is InChI=1S/C16H28N2O/c1-9-6-10(2)8-14(7-9)16(18-17)15-11(3)12(4)19-13(15)5/h9-10,14,16,18H,6-8,17H2,1-5H3. The number of hydrogen-bond acceptors (Lipinski definition) is 3. The van der Waals surface area contributed by atoms with Gasteiger partial charge in [0.2, 0.25) is 0 Å². The Labute approximate surface area is 116 Å². The molecule has 2 rings (SSSR count). The minimum absolute atomic E-state index is 0.225. The Hall–Kier alpha value is -0.800. The highest BCUT2D eigenvalue weighted by atomic mass is 16.3. The molecule has 0 radical (unpaired) electrons. The van der Waals surface area contributed by atoms with Crippen LogP contribution in [-0.4, -0.2) is 0 Å². The topological polar surface area (TPSA) is 51.2 Å². The molecule has 108 valence electrons. The average molecular weight is 264 g/mol. The van der Waals surface area contributed by atoms with Gasteiger partial charge < -0.3 is 4.42 Å². The van der Waals surface area contributed by atoms with Gasteiger partial charge in [0.05, 0.1) is 6.04 Å². The van der Waals surface area contributed by atoms with Gasteiger partial charge in [0.1, 0.15) is 11.5 Å². The highest BCUT2D eigenvalue weighted by Crippen LogP contribution is 2.41. The average Bonchev–Trinajstić information content (AvgIpc) is 2.56. The maximum Gasteiger partial charge on any atom is 0.106 e. The third kappa shape index (κ3) is 2.87. The van der Waals surface area contributed by atoms with Crippen LogP contribution in [0.3, 0.4) is 0 Å². The molecule has 3 atom stereocenters. The molecule has 0 bridgehead atoms. The van der Waals surface area contributed by atoms with Crippen LogP contribution in [0.2, 0.25) is 0 Å². The minimum atomic E-state index is 0.225. The highest BCUT2D eigenvalue weighted by molar-refractivity contribution is 5.34. The van der Waals surface area contributed by atoms with E-state index in [0.717, 1.165) is 23.4 Å². The van der Waals surface area contributed by atoms with Crippen molar-refractivity contribution in [2.75, 3.05) is 0 Å². The monoisotopic (exact) mass is 264 g/mol. The molecule has 19 heavy (non-hydrogen) atoms. The Morgan fingerprint density at radius 1 is 1.05 bits per heavy atom. The van der Waals surface area contributed by atoms with E-state index in [0.29, 0.717) is 5.92 Å². The van der Waals surface area contributed by atoms with E-state index in [2.05, 4.69) is 33.1 Å². The molecule has 1 heterocycles. The zero-order valence-corrected chi connectivity index (χ0v) is 12.9. The van der Waals surface area contributed by atoms with Gasteiger partial charge >= 0.3 is 0 Å². The van der Waals surface area contributed by atoms with E-state index in [1.807, 2.05) is 6.92 Å². The number of nitrogens with two attached hydrogens (primary N) is 1. The number of furan rings is 1. The van der Waals surface area contributed by atoms with Gasteiger partial charge in [0, 0.05) is 5.56 Å². The molecule has 1 fully saturated rings. The van der Waals surface area contributed by atoms with Gasteiger partial charge in [-0.25, -0.2) is 0 Å². The second-order valence-corrected chi connectivity index (χ2v) is 6.57. The van der Waals surface area contributed by atoms with Gasteiger partial charge in [-0.1, -0.05) is 13.8 Å². The van der Waals surface area contributed by atoms with Crippen molar-refractivity contribution in [3.63, 3.8) is 0 Å². The first kappa shape index (κ1) is 14.6.